The van der Waals surface area contributed by atoms with Crippen LogP contribution in [-0.2, 0) is 6.54 Å². The third-order valence-corrected chi connectivity index (χ3v) is 1.78. The molecule has 2 aromatic rings. The minimum Gasteiger partial charge on any atom is -0.385 e. The maximum Gasteiger partial charge on any atom is 0.138 e. The molecule has 5 heteroatoms. The lowest BCUT2D eigenvalue weighted by Gasteiger charge is -1.95. The summed E-state index contributed by atoms with van der Waals surface area (Å²) in [5, 5.41) is 0. The maximum absolute atomic E-state index is 5.71. The van der Waals surface area contributed by atoms with Crippen LogP contribution in [0, 0.1) is 0 Å². The van der Waals surface area contributed by atoms with Crippen molar-refractivity contribution >= 4 is 23.9 Å². The van der Waals surface area contributed by atoms with E-state index in [4.69, 9.17) is 11.5 Å². The Morgan fingerprint density at radius 1 is 1.38 bits per heavy atom. The fraction of sp³-hybridized carbons (Fsp3) is 0.125. The number of hydrogen-bond acceptors (Lipinski definition) is 3. The third kappa shape index (κ3) is 1.59. The summed E-state index contributed by atoms with van der Waals surface area (Å²) < 4.78 is 1.82. The molecule has 0 aliphatic heterocycles. The van der Waals surface area contributed by atoms with E-state index in [2.05, 4.69) is 4.98 Å². The van der Waals surface area contributed by atoms with E-state index in [-0.39, 0.29) is 12.4 Å². The summed E-state index contributed by atoms with van der Waals surface area (Å²) in [6.45, 7) is 0.446. The summed E-state index contributed by atoms with van der Waals surface area (Å²) in [6.07, 6.45) is 1.85. The van der Waals surface area contributed by atoms with Crippen molar-refractivity contribution < 1.29 is 0 Å². The Bertz CT molecular complexity index is 409. The first-order valence-corrected chi connectivity index (χ1v) is 3.74. The van der Waals surface area contributed by atoms with Gasteiger partial charge in [-0.15, -0.1) is 12.4 Å². The Kier molecular flexibility index (Phi) is 2.75. The van der Waals surface area contributed by atoms with Crippen LogP contribution in [0.5, 0.6) is 0 Å². The highest BCUT2D eigenvalue weighted by molar-refractivity contribution is 5.85. The molecule has 0 amide bonds. The summed E-state index contributed by atoms with van der Waals surface area (Å²) in [4.78, 5) is 4.25. The molecule has 2 heterocycles. The second-order valence-electron chi connectivity index (χ2n) is 2.62. The van der Waals surface area contributed by atoms with Gasteiger partial charge >= 0.3 is 0 Å². The Morgan fingerprint density at radius 2 is 2.15 bits per heavy atom. The molecule has 0 aromatic carbocycles. The minimum atomic E-state index is 0. The lowest BCUT2D eigenvalue weighted by atomic mass is 10.4. The Balaban J connectivity index is 0.000000845. The highest BCUT2D eigenvalue weighted by Gasteiger charge is 2.00. The molecule has 13 heavy (non-hydrogen) atoms. The van der Waals surface area contributed by atoms with E-state index in [0.29, 0.717) is 12.4 Å². The fourth-order valence-electron chi connectivity index (χ4n) is 1.18. The number of hydrogen-bond donors (Lipinski definition) is 2. The van der Waals surface area contributed by atoms with Gasteiger partial charge < -0.3 is 11.5 Å². The van der Waals surface area contributed by atoms with Crippen molar-refractivity contribution in [3.63, 3.8) is 0 Å². The first-order valence-electron chi connectivity index (χ1n) is 3.74. The average Bonchev–Trinajstić information content (AvgIpc) is 2.49. The van der Waals surface area contributed by atoms with Crippen molar-refractivity contribution in [3.05, 3.63) is 30.1 Å². The first-order chi connectivity index (χ1) is 5.81. The quantitative estimate of drug-likeness (QED) is 0.712. The van der Waals surface area contributed by atoms with E-state index in [1.54, 1.807) is 0 Å². The van der Waals surface area contributed by atoms with E-state index in [0.717, 1.165) is 11.3 Å². The molecule has 4 N–H and O–H groups in total. The Labute approximate surface area is 82.0 Å². The van der Waals surface area contributed by atoms with E-state index < -0.39 is 0 Å². The summed E-state index contributed by atoms with van der Waals surface area (Å²) in [7, 11) is 0. The van der Waals surface area contributed by atoms with Crippen LogP contribution >= 0.6 is 12.4 Å². The molecular weight excluding hydrogens is 188 g/mol. The molecule has 0 saturated carbocycles. The predicted octanol–water partition coefficient (Wildman–Crippen LogP) is 0.797. The van der Waals surface area contributed by atoms with Crippen LogP contribution in [0.15, 0.2) is 24.4 Å². The van der Waals surface area contributed by atoms with Crippen LogP contribution in [0.4, 0.5) is 5.82 Å². The van der Waals surface area contributed by atoms with E-state index in [1.807, 2.05) is 28.8 Å². The Morgan fingerprint density at radius 3 is 2.77 bits per heavy atom. The number of aromatic nitrogens is 2. The number of anilines is 1. The molecule has 0 aliphatic rings. The second-order valence-corrected chi connectivity index (χ2v) is 2.62. The second kappa shape index (κ2) is 3.64. The highest BCUT2D eigenvalue weighted by atomic mass is 35.5. The lowest BCUT2D eigenvalue weighted by Crippen LogP contribution is -1.95. The van der Waals surface area contributed by atoms with Crippen LogP contribution in [0.1, 0.15) is 5.69 Å². The summed E-state index contributed by atoms with van der Waals surface area (Å²) >= 11 is 0. The largest absolute Gasteiger partial charge is 0.385 e. The zero-order valence-corrected chi connectivity index (χ0v) is 7.79. The van der Waals surface area contributed by atoms with Crippen molar-refractivity contribution in [2.75, 3.05) is 5.73 Å². The molecular formula is C8H11ClN4. The summed E-state index contributed by atoms with van der Waals surface area (Å²) in [5.41, 5.74) is 12.9. The molecule has 0 atom stereocenters. The molecule has 2 rings (SSSR count). The summed E-state index contributed by atoms with van der Waals surface area (Å²) in [6, 6.07) is 5.60. The normalized spacial score (nSPS) is 9.92. The van der Waals surface area contributed by atoms with Crippen molar-refractivity contribution in [1.29, 1.82) is 0 Å². The fourth-order valence-corrected chi connectivity index (χ4v) is 1.18. The van der Waals surface area contributed by atoms with Crippen molar-refractivity contribution in [2.45, 2.75) is 6.54 Å². The molecule has 0 fully saturated rings. The smallest absolute Gasteiger partial charge is 0.138 e. The van der Waals surface area contributed by atoms with Gasteiger partial charge in [0.25, 0.3) is 0 Å². The van der Waals surface area contributed by atoms with Gasteiger partial charge in [-0.2, -0.15) is 0 Å². The molecule has 4 nitrogen and oxygen atoms in total. The zero-order valence-electron chi connectivity index (χ0n) is 6.97. The van der Waals surface area contributed by atoms with Crippen LogP contribution in [0.25, 0.3) is 5.65 Å². The van der Waals surface area contributed by atoms with Gasteiger partial charge in [-0.3, -0.25) is 4.40 Å². The monoisotopic (exact) mass is 198 g/mol. The van der Waals surface area contributed by atoms with Crippen molar-refractivity contribution in [1.82, 2.24) is 9.38 Å². The number of nitrogens with two attached hydrogens (primary N) is 2. The molecule has 0 spiro atoms. The van der Waals surface area contributed by atoms with E-state index in [1.165, 1.54) is 0 Å². The number of pyridine rings is 1. The van der Waals surface area contributed by atoms with Crippen LogP contribution in [0.2, 0.25) is 0 Å². The predicted molar refractivity (Wildman–Crippen MR) is 54.7 cm³/mol. The molecule has 70 valence electrons. The number of imidazole rings is 1. The zero-order chi connectivity index (χ0) is 8.55. The summed E-state index contributed by atoms with van der Waals surface area (Å²) in [5.74, 6) is 0.680. The topological polar surface area (TPSA) is 69.3 Å². The molecule has 0 unspecified atom stereocenters. The van der Waals surface area contributed by atoms with Gasteiger partial charge in [0, 0.05) is 12.7 Å². The average molecular weight is 199 g/mol. The number of fused-ring (bicyclic) bond motifs is 1. The molecule has 0 aliphatic carbocycles. The van der Waals surface area contributed by atoms with Gasteiger partial charge in [-0.1, -0.05) is 6.07 Å². The number of nitrogens with zero attached hydrogens (tertiary/aromatic N) is 2. The van der Waals surface area contributed by atoms with Crippen LogP contribution < -0.4 is 11.5 Å². The van der Waals surface area contributed by atoms with Gasteiger partial charge in [0.2, 0.25) is 0 Å². The standard InChI is InChI=1S/C8H10N4.ClH/c9-4-6-5-12-7(10)2-1-3-8(12)11-6;/h1-3,5H,4,9-10H2;1H. The third-order valence-electron chi connectivity index (χ3n) is 1.78. The van der Waals surface area contributed by atoms with Gasteiger partial charge in [0.15, 0.2) is 0 Å². The maximum atomic E-state index is 5.71. The molecule has 0 bridgehead atoms. The van der Waals surface area contributed by atoms with Gasteiger partial charge in [0.1, 0.15) is 11.5 Å². The van der Waals surface area contributed by atoms with E-state index in [9.17, 15) is 0 Å². The molecule has 2 aromatic heterocycles. The van der Waals surface area contributed by atoms with Crippen LogP contribution in [-0.4, -0.2) is 9.38 Å². The van der Waals surface area contributed by atoms with Gasteiger partial charge in [-0.25, -0.2) is 4.98 Å². The number of halogens is 1. The highest BCUT2D eigenvalue weighted by Crippen LogP contribution is 2.09. The van der Waals surface area contributed by atoms with Crippen molar-refractivity contribution in [3.8, 4) is 0 Å². The molecule has 0 saturated heterocycles. The minimum absolute atomic E-state index is 0. The Hall–Kier alpha value is -1.26. The number of rotatable bonds is 1. The van der Waals surface area contributed by atoms with E-state index >= 15 is 0 Å². The van der Waals surface area contributed by atoms with Crippen LogP contribution in [0.3, 0.4) is 0 Å². The SMILES string of the molecule is Cl.NCc1cn2c(N)cccc2n1. The lowest BCUT2D eigenvalue weighted by molar-refractivity contribution is 1.02. The van der Waals surface area contributed by atoms with Gasteiger partial charge in [-0.05, 0) is 12.1 Å². The molecule has 0 radical (unpaired) electrons. The first kappa shape index (κ1) is 9.83. The number of nitrogen functional groups attached to an aromatic ring is 1. The van der Waals surface area contributed by atoms with Crippen molar-refractivity contribution in [2.24, 2.45) is 5.73 Å². The van der Waals surface area contributed by atoms with Gasteiger partial charge in [0.05, 0.1) is 5.69 Å².